The zero-order valence-electron chi connectivity index (χ0n) is 11.4. The van der Waals surface area contributed by atoms with Crippen LogP contribution in [0, 0.1) is 5.41 Å². The molecule has 1 unspecified atom stereocenters. The second-order valence-electron chi connectivity index (χ2n) is 5.49. The summed E-state index contributed by atoms with van der Waals surface area (Å²) in [4.78, 5) is 11.9. The van der Waals surface area contributed by atoms with E-state index in [2.05, 4.69) is 13.8 Å². The molecule has 0 aliphatic carbocycles. The summed E-state index contributed by atoms with van der Waals surface area (Å²) in [6.45, 7) is 9.86. The molecule has 0 saturated carbocycles. The van der Waals surface area contributed by atoms with Gasteiger partial charge in [-0.25, -0.2) is 0 Å². The van der Waals surface area contributed by atoms with Crippen molar-refractivity contribution in [2.45, 2.75) is 47.0 Å². The van der Waals surface area contributed by atoms with E-state index < -0.39 is 5.41 Å². The second-order valence-corrected chi connectivity index (χ2v) is 5.49. The summed E-state index contributed by atoms with van der Waals surface area (Å²) in [6.07, 6.45) is 1.03. The van der Waals surface area contributed by atoms with Crippen LogP contribution in [-0.2, 0) is 4.79 Å². The van der Waals surface area contributed by atoms with Gasteiger partial charge in [-0.1, -0.05) is 32.0 Å². The van der Waals surface area contributed by atoms with Crippen LogP contribution in [0.5, 0.6) is 5.75 Å². The summed E-state index contributed by atoms with van der Waals surface area (Å²) in [5.74, 6) is 0.911. The van der Waals surface area contributed by atoms with Crippen molar-refractivity contribution >= 4 is 5.97 Å². The van der Waals surface area contributed by atoms with E-state index in [4.69, 9.17) is 4.74 Å². The van der Waals surface area contributed by atoms with Crippen LogP contribution in [0.3, 0.4) is 0 Å². The number of carbonyl (C=O) groups is 1. The number of esters is 1. The maximum Gasteiger partial charge on any atom is 0.316 e. The molecule has 2 heteroatoms. The minimum Gasteiger partial charge on any atom is -0.426 e. The predicted molar refractivity (Wildman–Crippen MR) is 70.2 cm³/mol. The molecule has 1 atom stereocenters. The van der Waals surface area contributed by atoms with E-state index in [0.29, 0.717) is 11.7 Å². The van der Waals surface area contributed by atoms with Crippen LogP contribution >= 0.6 is 0 Å². The molecule has 1 aromatic rings. The minimum absolute atomic E-state index is 0.187. The quantitative estimate of drug-likeness (QED) is 0.580. The second kappa shape index (κ2) is 5.35. The third-order valence-corrected chi connectivity index (χ3v) is 2.88. The Hall–Kier alpha value is -1.31. The summed E-state index contributed by atoms with van der Waals surface area (Å²) >= 11 is 0. The first-order valence-electron chi connectivity index (χ1n) is 6.17. The summed E-state index contributed by atoms with van der Waals surface area (Å²) in [5, 5.41) is 0. The van der Waals surface area contributed by atoms with E-state index >= 15 is 0 Å². The molecule has 0 bridgehead atoms. The van der Waals surface area contributed by atoms with Gasteiger partial charge in [-0.2, -0.15) is 0 Å². The Balaban J connectivity index is 2.95. The average molecular weight is 234 g/mol. The fourth-order valence-electron chi connectivity index (χ4n) is 1.45. The van der Waals surface area contributed by atoms with Gasteiger partial charge in [0.25, 0.3) is 0 Å². The van der Waals surface area contributed by atoms with Crippen LogP contribution in [0.1, 0.15) is 52.5 Å². The first-order chi connectivity index (χ1) is 7.86. The standard InChI is InChI=1S/C15H22O2/c1-6-11(2)12-9-7-8-10-13(12)17-14(16)15(3,4)5/h7-11H,6H2,1-5H3. The molecule has 0 N–H and O–H groups in total. The Bertz CT molecular complexity index is 388. The molecular weight excluding hydrogens is 212 g/mol. The first kappa shape index (κ1) is 13.8. The van der Waals surface area contributed by atoms with Gasteiger partial charge >= 0.3 is 5.97 Å². The van der Waals surface area contributed by atoms with Gasteiger partial charge in [0.1, 0.15) is 5.75 Å². The zero-order valence-corrected chi connectivity index (χ0v) is 11.4. The van der Waals surface area contributed by atoms with E-state index in [9.17, 15) is 4.79 Å². The van der Waals surface area contributed by atoms with Crippen molar-refractivity contribution in [3.63, 3.8) is 0 Å². The molecule has 1 aromatic carbocycles. The average Bonchev–Trinajstić information content (AvgIpc) is 2.27. The number of hydrogen-bond donors (Lipinski definition) is 0. The van der Waals surface area contributed by atoms with Crippen LogP contribution in [0.4, 0.5) is 0 Å². The lowest BCUT2D eigenvalue weighted by molar-refractivity contribution is -0.143. The van der Waals surface area contributed by atoms with Gasteiger partial charge in [-0.05, 0) is 44.7 Å². The minimum atomic E-state index is -0.470. The number of para-hydroxylation sites is 1. The topological polar surface area (TPSA) is 26.3 Å². The van der Waals surface area contributed by atoms with Gasteiger partial charge < -0.3 is 4.74 Å². The Morgan fingerprint density at radius 1 is 1.29 bits per heavy atom. The van der Waals surface area contributed by atoms with Crippen LogP contribution in [0.2, 0.25) is 0 Å². The molecule has 0 heterocycles. The molecule has 0 amide bonds. The third-order valence-electron chi connectivity index (χ3n) is 2.88. The fraction of sp³-hybridized carbons (Fsp3) is 0.533. The fourth-order valence-corrected chi connectivity index (χ4v) is 1.45. The summed E-state index contributed by atoms with van der Waals surface area (Å²) < 4.78 is 5.49. The van der Waals surface area contributed by atoms with E-state index in [1.807, 2.05) is 45.0 Å². The highest BCUT2D eigenvalue weighted by molar-refractivity contribution is 5.78. The SMILES string of the molecule is CCC(C)c1ccccc1OC(=O)C(C)(C)C. The molecular formula is C15H22O2. The lowest BCUT2D eigenvalue weighted by Gasteiger charge is -2.19. The van der Waals surface area contributed by atoms with Gasteiger partial charge in [-0.15, -0.1) is 0 Å². The maximum atomic E-state index is 11.9. The first-order valence-corrected chi connectivity index (χ1v) is 6.17. The number of hydrogen-bond acceptors (Lipinski definition) is 2. The van der Waals surface area contributed by atoms with Gasteiger partial charge in [-0.3, -0.25) is 4.79 Å². The van der Waals surface area contributed by atoms with E-state index in [1.165, 1.54) is 0 Å². The maximum absolute atomic E-state index is 11.9. The van der Waals surface area contributed by atoms with Crippen molar-refractivity contribution < 1.29 is 9.53 Å². The Labute approximate surface area is 104 Å². The molecule has 17 heavy (non-hydrogen) atoms. The van der Waals surface area contributed by atoms with Gasteiger partial charge in [0, 0.05) is 0 Å². The Morgan fingerprint density at radius 3 is 2.41 bits per heavy atom. The molecule has 0 fully saturated rings. The van der Waals surface area contributed by atoms with Crippen molar-refractivity contribution in [3.8, 4) is 5.75 Å². The van der Waals surface area contributed by atoms with Crippen LogP contribution < -0.4 is 4.74 Å². The molecule has 1 rings (SSSR count). The van der Waals surface area contributed by atoms with Gasteiger partial charge in [0.05, 0.1) is 5.41 Å². The molecule has 0 aliphatic heterocycles. The van der Waals surface area contributed by atoms with E-state index in [1.54, 1.807) is 0 Å². The van der Waals surface area contributed by atoms with Crippen molar-refractivity contribution in [1.29, 1.82) is 0 Å². The number of carbonyl (C=O) groups excluding carboxylic acids is 1. The predicted octanol–water partition coefficient (Wildman–Crippen LogP) is 4.15. The number of ether oxygens (including phenoxy) is 1. The highest BCUT2D eigenvalue weighted by Crippen LogP contribution is 2.30. The van der Waals surface area contributed by atoms with Gasteiger partial charge in [0.15, 0.2) is 0 Å². The lowest BCUT2D eigenvalue weighted by Crippen LogP contribution is -2.26. The van der Waals surface area contributed by atoms with Crippen molar-refractivity contribution in [2.24, 2.45) is 5.41 Å². The largest absolute Gasteiger partial charge is 0.426 e. The normalized spacial score (nSPS) is 13.2. The molecule has 94 valence electrons. The molecule has 0 aromatic heterocycles. The molecule has 0 saturated heterocycles. The smallest absolute Gasteiger partial charge is 0.316 e. The summed E-state index contributed by atoms with van der Waals surface area (Å²) in [6, 6.07) is 7.78. The van der Waals surface area contributed by atoms with E-state index in [-0.39, 0.29) is 5.97 Å². The summed E-state index contributed by atoms with van der Waals surface area (Å²) in [5.41, 5.74) is 0.635. The van der Waals surface area contributed by atoms with E-state index in [0.717, 1.165) is 12.0 Å². The Morgan fingerprint density at radius 2 is 1.88 bits per heavy atom. The van der Waals surface area contributed by atoms with Crippen LogP contribution in [0.25, 0.3) is 0 Å². The van der Waals surface area contributed by atoms with Gasteiger partial charge in [0.2, 0.25) is 0 Å². The molecule has 0 spiro atoms. The highest BCUT2D eigenvalue weighted by Gasteiger charge is 2.24. The monoisotopic (exact) mass is 234 g/mol. The Kier molecular flexibility index (Phi) is 4.33. The zero-order chi connectivity index (χ0) is 13.1. The van der Waals surface area contributed by atoms with Crippen LogP contribution in [-0.4, -0.2) is 5.97 Å². The lowest BCUT2D eigenvalue weighted by atomic mass is 9.96. The molecule has 2 nitrogen and oxygen atoms in total. The number of benzene rings is 1. The van der Waals surface area contributed by atoms with Crippen molar-refractivity contribution in [2.75, 3.05) is 0 Å². The molecule has 0 radical (unpaired) electrons. The third kappa shape index (κ3) is 3.58. The van der Waals surface area contributed by atoms with Crippen molar-refractivity contribution in [3.05, 3.63) is 29.8 Å². The highest BCUT2D eigenvalue weighted by atomic mass is 16.5. The van der Waals surface area contributed by atoms with Crippen LogP contribution in [0.15, 0.2) is 24.3 Å². The summed E-state index contributed by atoms with van der Waals surface area (Å²) in [7, 11) is 0. The van der Waals surface area contributed by atoms with Crippen molar-refractivity contribution in [1.82, 2.24) is 0 Å². The number of rotatable bonds is 3. The molecule has 0 aliphatic rings.